The number of hydrogen-bond acceptors (Lipinski definition) is 4. The van der Waals surface area contributed by atoms with Gasteiger partial charge in [0.05, 0.1) is 23.7 Å². The van der Waals surface area contributed by atoms with Crippen LogP contribution in [0.5, 0.6) is 0 Å². The molecule has 0 radical (unpaired) electrons. The van der Waals surface area contributed by atoms with Crippen LogP contribution in [0.4, 0.5) is 5.95 Å². The van der Waals surface area contributed by atoms with Crippen molar-refractivity contribution in [2.75, 3.05) is 18.1 Å². The number of carbonyl (C=O) groups is 2. The number of hydrogen-bond donors (Lipinski definition) is 0. The zero-order chi connectivity index (χ0) is 23.7. The minimum absolute atomic E-state index is 0.213. The third-order valence-electron chi connectivity index (χ3n) is 6.34. The lowest BCUT2D eigenvalue weighted by Gasteiger charge is -2.38. The quantitative estimate of drug-likeness (QED) is 0.314. The Hall–Kier alpha value is -3.93. The summed E-state index contributed by atoms with van der Waals surface area (Å²) in [6.07, 6.45) is 0.653. The number of benzene rings is 3. The number of amides is 1. The Balaban J connectivity index is 1.69. The fourth-order valence-electron chi connectivity index (χ4n) is 4.80. The first kappa shape index (κ1) is 21.9. The second-order valence-corrected chi connectivity index (χ2v) is 8.58. The normalized spacial score (nSPS) is 17.6. The molecule has 0 saturated carbocycles. The number of fused-ring (bicyclic) bond motifs is 3. The third kappa shape index (κ3) is 3.85. The Kier molecular flexibility index (Phi) is 5.88. The van der Waals surface area contributed by atoms with E-state index in [1.54, 1.807) is 11.8 Å². The van der Waals surface area contributed by atoms with Gasteiger partial charge in [-0.15, -0.1) is 0 Å². The molecule has 1 aliphatic heterocycles. The molecule has 3 aromatic carbocycles. The summed E-state index contributed by atoms with van der Waals surface area (Å²) in [6, 6.07) is 25.2. The zero-order valence-corrected chi connectivity index (χ0v) is 19.3. The zero-order valence-electron chi connectivity index (χ0n) is 19.3. The second-order valence-electron chi connectivity index (χ2n) is 8.58. The SMILES string of the molecule is CCOC(=O)[C@@H]1C(=O)N(CCc2ccccc2)c2nc3ccccc3n2[C@@H]1c1cccc(C)c1. The van der Waals surface area contributed by atoms with Gasteiger partial charge in [0.15, 0.2) is 5.92 Å². The van der Waals surface area contributed by atoms with E-state index < -0.39 is 17.9 Å². The highest BCUT2D eigenvalue weighted by atomic mass is 16.5. The average Bonchev–Trinajstić information content (AvgIpc) is 3.22. The predicted molar refractivity (Wildman–Crippen MR) is 132 cm³/mol. The van der Waals surface area contributed by atoms with Gasteiger partial charge >= 0.3 is 5.97 Å². The fourth-order valence-corrected chi connectivity index (χ4v) is 4.80. The van der Waals surface area contributed by atoms with Gasteiger partial charge in [-0.1, -0.05) is 72.3 Å². The Morgan fingerprint density at radius 3 is 2.53 bits per heavy atom. The Labute approximate surface area is 198 Å². The Morgan fingerprint density at radius 1 is 1.00 bits per heavy atom. The van der Waals surface area contributed by atoms with Gasteiger partial charge in [-0.05, 0) is 43.5 Å². The molecule has 2 atom stereocenters. The van der Waals surface area contributed by atoms with Crippen molar-refractivity contribution in [3.05, 3.63) is 95.6 Å². The molecule has 6 heteroatoms. The summed E-state index contributed by atoms with van der Waals surface area (Å²) < 4.78 is 7.47. The van der Waals surface area contributed by atoms with E-state index in [0.29, 0.717) is 18.9 Å². The molecule has 0 unspecified atom stereocenters. The van der Waals surface area contributed by atoms with Crippen LogP contribution < -0.4 is 4.90 Å². The summed E-state index contributed by atoms with van der Waals surface area (Å²) in [5, 5.41) is 0. The number of anilines is 1. The van der Waals surface area contributed by atoms with E-state index in [1.807, 2.05) is 90.4 Å². The molecule has 34 heavy (non-hydrogen) atoms. The summed E-state index contributed by atoms with van der Waals surface area (Å²) in [6.45, 7) is 4.40. The van der Waals surface area contributed by atoms with E-state index >= 15 is 0 Å². The van der Waals surface area contributed by atoms with Gasteiger partial charge in [0.2, 0.25) is 11.9 Å². The van der Waals surface area contributed by atoms with Gasteiger partial charge in [0.1, 0.15) is 0 Å². The molecule has 172 valence electrons. The number of aromatic nitrogens is 2. The molecule has 6 nitrogen and oxygen atoms in total. The Bertz CT molecular complexity index is 1350. The highest BCUT2D eigenvalue weighted by Gasteiger charge is 2.47. The van der Waals surface area contributed by atoms with E-state index in [2.05, 4.69) is 0 Å². The third-order valence-corrected chi connectivity index (χ3v) is 6.34. The van der Waals surface area contributed by atoms with Crippen LogP contribution in [0, 0.1) is 12.8 Å². The minimum Gasteiger partial charge on any atom is -0.465 e. The number of ether oxygens (including phenoxy) is 1. The van der Waals surface area contributed by atoms with Crippen molar-refractivity contribution in [3.63, 3.8) is 0 Å². The molecule has 4 aromatic rings. The lowest BCUT2D eigenvalue weighted by Crippen LogP contribution is -2.50. The van der Waals surface area contributed by atoms with E-state index in [4.69, 9.17) is 9.72 Å². The number of aryl methyl sites for hydroxylation is 1. The van der Waals surface area contributed by atoms with Gasteiger partial charge in [-0.2, -0.15) is 0 Å². The molecule has 0 N–H and O–H groups in total. The molecule has 5 rings (SSSR count). The molecule has 1 amide bonds. The number of carbonyl (C=O) groups excluding carboxylic acids is 2. The molecular weight excluding hydrogens is 426 g/mol. The van der Waals surface area contributed by atoms with Gasteiger partial charge in [-0.3, -0.25) is 14.5 Å². The van der Waals surface area contributed by atoms with Gasteiger partial charge < -0.3 is 9.30 Å². The van der Waals surface area contributed by atoms with Crippen molar-refractivity contribution in [1.82, 2.24) is 9.55 Å². The van der Waals surface area contributed by atoms with Crippen molar-refractivity contribution in [3.8, 4) is 0 Å². The highest BCUT2D eigenvalue weighted by molar-refractivity contribution is 6.08. The molecule has 0 bridgehead atoms. The molecule has 0 aliphatic carbocycles. The van der Waals surface area contributed by atoms with Crippen LogP contribution in [0.3, 0.4) is 0 Å². The smallest absolute Gasteiger partial charge is 0.321 e. The number of imidazole rings is 1. The van der Waals surface area contributed by atoms with Crippen molar-refractivity contribution in [2.45, 2.75) is 26.3 Å². The van der Waals surface area contributed by atoms with Crippen molar-refractivity contribution >= 4 is 28.9 Å². The first-order chi connectivity index (χ1) is 16.6. The predicted octanol–water partition coefficient (Wildman–Crippen LogP) is 4.70. The highest BCUT2D eigenvalue weighted by Crippen LogP contribution is 2.41. The second kappa shape index (κ2) is 9.14. The first-order valence-electron chi connectivity index (χ1n) is 11.6. The first-order valence-corrected chi connectivity index (χ1v) is 11.6. The maximum absolute atomic E-state index is 13.9. The van der Waals surface area contributed by atoms with Crippen molar-refractivity contribution in [2.24, 2.45) is 5.92 Å². The molecule has 1 aromatic heterocycles. The van der Waals surface area contributed by atoms with Crippen LogP contribution in [-0.4, -0.2) is 34.6 Å². The van der Waals surface area contributed by atoms with Crippen LogP contribution in [0.25, 0.3) is 11.0 Å². The van der Waals surface area contributed by atoms with Crippen LogP contribution in [0.15, 0.2) is 78.9 Å². The van der Waals surface area contributed by atoms with Crippen molar-refractivity contribution in [1.29, 1.82) is 0 Å². The Morgan fingerprint density at radius 2 is 1.76 bits per heavy atom. The van der Waals surface area contributed by atoms with Gasteiger partial charge in [0, 0.05) is 6.54 Å². The molecular formula is C28H27N3O3. The summed E-state index contributed by atoms with van der Waals surface area (Å²) in [5.41, 5.74) is 4.74. The maximum atomic E-state index is 13.9. The summed E-state index contributed by atoms with van der Waals surface area (Å²) in [7, 11) is 0. The minimum atomic E-state index is -0.998. The lowest BCUT2D eigenvalue weighted by molar-refractivity contribution is -0.153. The number of nitrogens with zero attached hydrogens (tertiary/aromatic N) is 3. The number of para-hydroxylation sites is 2. The van der Waals surface area contributed by atoms with Gasteiger partial charge in [-0.25, -0.2) is 4.98 Å². The summed E-state index contributed by atoms with van der Waals surface area (Å²) in [5.74, 6) is -1.22. The molecule has 2 heterocycles. The molecule has 1 aliphatic rings. The monoisotopic (exact) mass is 453 g/mol. The van der Waals surface area contributed by atoms with E-state index in [9.17, 15) is 9.59 Å². The molecule has 0 fully saturated rings. The fraction of sp³-hybridized carbons (Fsp3) is 0.250. The van der Waals surface area contributed by atoms with E-state index in [-0.39, 0.29) is 12.5 Å². The topological polar surface area (TPSA) is 64.4 Å². The summed E-state index contributed by atoms with van der Waals surface area (Å²) >= 11 is 0. The van der Waals surface area contributed by atoms with Crippen LogP contribution in [0.2, 0.25) is 0 Å². The number of esters is 1. The summed E-state index contributed by atoms with van der Waals surface area (Å²) in [4.78, 5) is 33.7. The van der Waals surface area contributed by atoms with Crippen molar-refractivity contribution < 1.29 is 14.3 Å². The standard InChI is InChI=1S/C28H27N3O3/c1-3-34-27(33)24-25(21-13-9-10-19(2)18-21)31-23-15-8-7-14-22(23)29-28(31)30(26(24)32)17-16-20-11-5-4-6-12-20/h4-15,18,24-25H,3,16-17H2,1-2H3/t24-,25+/m0/s1. The van der Waals surface area contributed by atoms with Crippen LogP contribution in [-0.2, 0) is 20.7 Å². The van der Waals surface area contributed by atoms with E-state index in [0.717, 1.165) is 27.7 Å². The largest absolute Gasteiger partial charge is 0.465 e. The van der Waals surface area contributed by atoms with Gasteiger partial charge in [0.25, 0.3) is 0 Å². The van der Waals surface area contributed by atoms with E-state index in [1.165, 1.54) is 0 Å². The average molecular weight is 454 g/mol. The lowest BCUT2D eigenvalue weighted by atomic mass is 9.88. The number of rotatable bonds is 6. The molecule has 0 spiro atoms. The molecule has 0 saturated heterocycles. The maximum Gasteiger partial charge on any atom is 0.321 e. The van der Waals surface area contributed by atoms with Crippen LogP contribution in [0.1, 0.15) is 29.7 Å². The van der Waals surface area contributed by atoms with Crippen LogP contribution >= 0.6 is 0 Å².